The van der Waals surface area contributed by atoms with Crippen LogP contribution in [0.1, 0.15) is 0 Å². The fraction of sp³-hybridized carbons (Fsp3) is 0. The first-order chi connectivity index (χ1) is 26.8. The molecule has 11 aromatic rings. The molecule has 0 spiro atoms. The Kier molecular flexibility index (Phi) is 7.11. The molecule has 0 saturated carbocycles. The summed E-state index contributed by atoms with van der Waals surface area (Å²) in [5, 5.41) is 7.23. The van der Waals surface area contributed by atoms with Gasteiger partial charge in [0.2, 0.25) is 0 Å². The number of hydrogen-bond acceptors (Lipinski definition) is 2. The van der Waals surface area contributed by atoms with Crippen LogP contribution < -0.4 is 0 Å². The molecule has 0 amide bonds. The van der Waals surface area contributed by atoms with E-state index in [0.29, 0.717) is 0 Å². The van der Waals surface area contributed by atoms with Crippen molar-refractivity contribution in [2.45, 2.75) is 0 Å². The van der Waals surface area contributed by atoms with E-state index in [0.717, 1.165) is 33.1 Å². The Balaban J connectivity index is 1.26. The normalized spacial score (nSPS) is 11.7. The number of hydrogen-bond donors (Lipinski definition) is 0. The molecule has 2 heteroatoms. The van der Waals surface area contributed by atoms with E-state index < -0.39 is 0 Å². The van der Waals surface area contributed by atoms with Crippen LogP contribution in [0.25, 0.3) is 109 Å². The molecule has 252 valence electrons. The van der Waals surface area contributed by atoms with Crippen molar-refractivity contribution in [2.24, 2.45) is 0 Å². The summed E-state index contributed by atoms with van der Waals surface area (Å²) in [5.74, 6) is 0. The van der Waals surface area contributed by atoms with Crippen LogP contribution in [0.2, 0.25) is 0 Å². The molecule has 0 unspecified atom stereocenters. The molecule has 0 aliphatic carbocycles. The third-order valence-electron chi connectivity index (χ3n) is 10.9. The van der Waals surface area contributed by atoms with Gasteiger partial charge in [-0.05, 0) is 74.0 Å². The van der Waals surface area contributed by atoms with E-state index in [1.165, 1.54) is 75.5 Å². The average molecular weight is 705 g/mol. The highest BCUT2D eigenvalue weighted by atomic mass is 32.1. The third kappa shape index (κ3) is 4.85. The minimum Gasteiger partial charge on any atom is -0.455 e. The zero-order chi connectivity index (χ0) is 35.6. The van der Waals surface area contributed by atoms with Crippen molar-refractivity contribution < 1.29 is 4.42 Å². The van der Waals surface area contributed by atoms with Crippen molar-refractivity contribution >= 4 is 64.2 Å². The molecule has 0 radical (unpaired) electrons. The van der Waals surface area contributed by atoms with Crippen LogP contribution in [0.3, 0.4) is 0 Å². The van der Waals surface area contributed by atoms with Gasteiger partial charge in [0.1, 0.15) is 11.2 Å². The fourth-order valence-electron chi connectivity index (χ4n) is 8.44. The number of furan rings is 1. The Morgan fingerprint density at radius 1 is 0.315 bits per heavy atom. The molecular weight excluding hydrogens is 673 g/mol. The molecule has 2 aromatic heterocycles. The smallest absolute Gasteiger partial charge is 0.144 e. The SMILES string of the molecule is c1ccc(-c2cc(-c3ccccc3)cc(-c3c4ccccc4c(-c4cccc5c4sc4c(-c6ccccc6)cccc45)c4c3oc3ccccc34)c2)cc1. The predicted octanol–water partition coefficient (Wildman–Crippen LogP) is 15.4. The number of fused-ring (bicyclic) bond motifs is 7. The van der Waals surface area contributed by atoms with Gasteiger partial charge in [-0.1, -0.05) is 170 Å². The Morgan fingerprint density at radius 3 is 1.41 bits per heavy atom. The minimum absolute atomic E-state index is 0.891. The summed E-state index contributed by atoms with van der Waals surface area (Å²) in [6.45, 7) is 0. The number of para-hydroxylation sites is 1. The molecule has 0 aliphatic heterocycles. The van der Waals surface area contributed by atoms with Gasteiger partial charge in [-0.25, -0.2) is 0 Å². The lowest BCUT2D eigenvalue weighted by Crippen LogP contribution is -1.91. The lowest BCUT2D eigenvalue weighted by molar-refractivity contribution is 0.670. The zero-order valence-electron chi connectivity index (χ0n) is 29.3. The van der Waals surface area contributed by atoms with Gasteiger partial charge >= 0.3 is 0 Å². The van der Waals surface area contributed by atoms with Gasteiger partial charge in [-0.15, -0.1) is 11.3 Å². The summed E-state index contributed by atoms with van der Waals surface area (Å²) >= 11 is 1.90. The average Bonchev–Trinajstić information content (AvgIpc) is 3.83. The molecule has 9 aromatic carbocycles. The summed E-state index contributed by atoms with van der Waals surface area (Å²) < 4.78 is 9.65. The molecule has 0 atom stereocenters. The Labute approximate surface area is 317 Å². The molecular formula is C52H32OS. The first-order valence-corrected chi connectivity index (χ1v) is 19.2. The standard InChI is InChI=1S/C52H32OS/c1-4-16-33(17-5-1)36-30-37(34-18-6-2-7-19-34)32-38(31-36)47-40-22-10-11-23-41(40)48(49-44-24-12-13-29-46(44)53-50(47)49)45-28-15-27-43-42-26-14-25-39(51(42)54-52(43)45)35-20-8-3-9-21-35/h1-32H. The quantitative estimate of drug-likeness (QED) is 0.174. The maximum absolute atomic E-state index is 7.05. The lowest BCUT2D eigenvalue weighted by Gasteiger charge is -2.17. The number of thiophene rings is 1. The molecule has 1 nitrogen and oxygen atoms in total. The van der Waals surface area contributed by atoms with Crippen LogP contribution in [0.5, 0.6) is 0 Å². The highest BCUT2D eigenvalue weighted by Crippen LogP contribution is 2.52. The van der Waals surface area contributed by atoms with Crippen molar-refractivity contribution in [3.8, 4) is 55.6 Å². The largest absolute Gasteiger partial charge is 0.455 e. The van der Waals surface area contributed by atoms with Gasteiger partial charge in [-0.2, -0.15) is 0 Å². The first-order valence-electron chi connectivity index (χ1n) is 18.4. The monoisotopic (exact) mass is 704 g/mol. The van der Waals surface area contributed by atoms with Gasteiger partial charge in [0.05, 0.1) is 0 Å². The van der Waals surface area contributed by atoms with Crippen LogP contribution in [-0.4, -0.2) is 0 Å². The molecule has 2 heterocycles. The summed E-state index contributed by atoms with van der Waals surface area (Å²) in [6, 6.07) is 70.2. The summed E-state index contributed by atoms with van der Waals surface area (Å²) in [5.41, 5.74) is 13.7. The highest BCUT2D eigenvalue weighted by molar-refractivity contribution is 7.27. The van der Waals surface area contributed by atoms with Crippen LogP contribution >= 0.6 is 11.3 Å². The van der Waals surface area contributed by atoms with Gasteiger partial charge in [0.25, 0.3) is 0 Å². The molecule has 0 saturated heterocycles. The summed E-state index contributed by atoms with van der Waals surface area (Å²) in [6.07, 6.45) is 0. The van der Waals surface area contributed by atoms with E-state index >= 15 is 0 Å². The van der Waals surface area contributed by atoms with Gasteiger partial charge < -0.3 is 4.42 Å². The lowest BCUT2D eigenvalue weighted by atomic mass is 9.86. The van der Waals surface area contributed by atoms with E-state index in [1.807, 2.05) is 11.3 Å². The van der Waals surface area contributed by atoms with Gasteiger partial charge in [0.15, 0.2) is 0 Å². The maximum atomic E-state index is 7.05. The topological polar surface area (TPSA) is 13.1 Å². The Hall–Kier alpha value is -6.74. The van der Waals surface area contributed by atoms with Crippen LogP contribution in [0.4, 0.5) is 0 Å². The second kappa shape index (κ2) is 12.4. The number of benzene rings is 9. The van der Waals surface area contributed by atoms with E-state index in [9.17, 15) is 0 Å². The highest BCUT2D eigenvalue weighted by Gasteiger charge is 2.25. The summed E-state index contributed by atoms with van der Waals surface area (Å²) in [4.78, 5) is 0. The summed E-state index contributed by atoms with van der Waals surface area (Å²) in [7, 11) is 0. The Morgan fingerprint density at radius 2 is 0.778 bits per heavy atom. The third-order valence-corrected chi connectivity index (χ3v) is 12.1. The van der Waals surface area contributed by atoms with E-state index in [4.69, 9.17) is 4.42 Å². The van der Waals surface area contributed by atoms with Crippen molar-refractivity contribution in [2.75, 3.05) is 0 Å². The molecule has 0 bridgehead atoms. The molecule has 0 fully saturated rings. The molecule has 0 N–H and O–H groups in total. The van der Waals surface area contributed by atoms with Crippen molar-refractivity contribution in [3.63, 3.8) is 0 Å². The van der Waals surface area contributed by atoms with Crippen LogP contribution in [0, 0.1) is 0 Å². The van der Waals surface area contributed by atoms with E-state index in [-0.39, 0.29) is 0 Å². The Bertz CT molecular complexity index is 3130. The van der Waals surface area contributed by atoms with E-state index in [1.54, 1.807) is 0 Å². The second-order valence-corrected chi connectivity index (χ2v) is 15.0. The van der Waals surface area contributed by atoms with E-state index in [2.05, 4.69) is 194 Å². The molecule has 54 heavy (non-hydrogen) atoms. The fourth-order valence-corrected chi connectivity index (χ4v) is 9.80. The van der Waals surface area contributed by atoms with Gasteiger partial charge in [-0.3, -0.25) is 0 Å². The maximum Gasteiger partial charge on any atom is 0.144 e. The zero-order valence-corrected chi connectivity index (χ0v) is 30.1. The van der Waals surface area contributed by atoms with Crippen molar-refractivity contribution in [1.29, 1.82) is 0 Å². The first kappa shape index (κ1) is 30.8. The molecule has 11 rings (SSSR count). The van der Waals surface area contributed by atoms with Gasteiger partial charge in [0, 0.05) is 47.6 Å². The molecule has 0 aliphatic rings. The van der Waals surface area contributed by atoms with Crippen molar-refractivity contribution in [1.82, 2.24) is 0 Å². The van der Waals surface area contributed by atoms with Crippen molar-refractivity contribution in [3.05, 3.63) is 194 Å². The number of rotatable bonds is 5. The minimum atomic E-state index is 0.891. The van der Waals surface area contributed by atoms with Crippen LogP contribution in [-0.2, 0) is 0 Å². The predicted molar refractivity (Wildman–Crippen MR) is 231 cm³/mol. The second-order valence-electron chi connectivity index (χ2n) is 14.0. The van der Waals surface area contributed by atoms with Crippen LogP contribution in [0.15, 0.2) is 199 Å².